The van der Waals surface area contributed by atoms with Crippen molar-refractivity contribution in [3.8, 4) is 10.6 Å². The lowest BCUT2D eigenvalue weighted by molar-refractivity contribution is 0.0700. The van der Waals surface area contributed by atoms with E-state index >= 15 is 0 Å². The molecule has 0 aliphatic rings. The molecule has 21 heavy (non-hydrogen) atoms. The Hall–Kier alpha value is -1.72. The molecule has 0 amide bonds. The van der Waals surface area contributed by atoms with E-state index in [9.17, 15) is 9.90 Å². The molecule has 112 valence electrons. The fraction of sp³-hybridized carbons (Fsp3) is 0.375. The fourth-order valence-electron chi connectivity index (χ4n) is 2.17. The van der Waals surface area contributed by atoms with Crippen molar-refractivity contribution < 1.29 is 14.6 Å². The number of nitrogens with zero attached hydrogens (tertiary/aromatic N) is 1. The van der Waals surface area contributed by atoms with Crippen molar-refractivity contribution in [2.24, 2.45) is 5.92 Å². The van der Waals surface area contributed by atoms with E-state index in [0.717, 1.165) is 16.1 Å². The molecule has 2 aromatic rings. The molecule has 0 spiro atoms. The average molecular weight is 305 g/mol. The van der Waals surface area contributed by atoms with Crippen LogP contribution in [0.4, 0.5) is 0 Å². The number of hydrogen-bond acceptors (Lipinski definition) is 4. The highest BCUT2D eigenvalue weighted by atomic mass is 32.1. The van der Waals surface area contributed by atoms with Gasteiger partial charge in [-0.2, -0.15) is 0 Å². The van der Waals surface area contributed by atoms with Gasteiger partial charge in [0.15, 0.2) is 0 Å². The van der Waals surface area contributed by atoms with Gasteiger partial charge in [-0.25, -0.2) is 9.78 Å². The third-order valence-corrected chi connectivity index (χ3v) is 4.16. The first-order chi connectivity index (χ1) is 10.0. The first-order valence-electron chi connectivity index (χ1n) is 6.83. The second kappa shape index (κ2) is 6.83. The van der Waals surface area contributed by atoms with Crippen LogP contribution in [0.3, 0.4) is 0 Å². The molecule has 0 saturated carbocycles. The topological polar surface area (TPSA) is 59.4 Å². The van der Waals surface area contributed by atoms with Crippen LogP contribution in [0.15, 0.2) is 24.3 Å². The Morgan fingerprint density at radius 2 is 2.10 bits per heavy atom. The number of ether oxygens (including phenoxy) is 1. The van der Waals surface area contributed by atoms with Crippen molar-refractivity contribution in [2.45, 2.75) is 26.9 Å². The molecule has 0 unspecified atom stereocenters. The van der Waals surface area contributed by atoms with Crippen molar-refractivity contribution in [2.75, 3.05) is 7.11 Å². The first kappa shape index (κ1) is 15.7. The van der Waals surface area contributed by atoms with Crippen LogP contribution in [0, 0.1) is 5.92 Å². The van der Waals surface area contributed by atoms with Gasteiger partial charge >= 0.3 is 5.97 Å². The highest BCUT2D eigenvalue weighted by Crippen LogP contribution is 2.32. The SMILES string of the molecule is COCc1ccccc1-c1nc(CC(C)C)c(C(=O)O)s1. The number of hydrogen-bond donors (Lipinski definition) is 1. The summed E-state index contributed by atoms with van der Waals surface area (Å²) in [6, 6.07) is 7.80. The number of carbonyl (C=O) groups is 1. The highest BCUT2D eigenvalue weighted by molar-refractivity contribution is 7.17. The summed E-state index contributed by atoms with van der Waals surface area (Å²) in [6.07, 6.45) is 0.671. The predicted molar refractivity (Wildman–Crippen MR) is 83.8 cm³/mol. The van der Waals surface area contributed by atoms with E-state index in [1.165, 1.54) is 11.3 Å². The second-order valence-corrected chi connectivity index (χ2v) is 6.29. The number of thiazole rings is 1. The van der Waals surface area contributed by atoms with Crippen molar-refractivity contribution >= 4 is 17.3 Å². The molecule has 4 nitrogen and oxygen atoms in total. The lowest BCUT2D eigenvalue weighted by atomic mass is 10.1. The van der Waals surface area contributed by atoms with E-state index in [0.29, 0.717) is 29.5 Å². The van der Waals surface area contributed by atoms with Gasteiger partial charge in [0, 0.05) is 12.7 Å². The van der Waals surface area contributed by atoms with Crippen LogP contribution in [0.25, 0.3) is 10.6 Å². The van der Waals surface area contributed by atoms with Crippen molar-refractivity contribution in [1.82, 2.24) is 4.98 Å². The van der Waals surface area contributed by atoms with Gasteiger partial charge in [0.05, 0.1) is 12.3 Å². The molecule has 0 bridgehead atoms. The molecular formula is C16H19NO3S. The van der Waals surface area contributed by atoms with Crippen LogP contribution in [0.1, 0.15) is 34.8 Å². The monoisotopic (exact) mass is 305 g/mol. The van der Waals surface area contributed by atoms with E-state index in [1.54, 1.807) is 7.11 Å². The number of aromatic nitrogens is 1. The van der Waals surface area contributed by atoms with Crippen LogP contribution >= 0.6 is 11.3 Å². The van der Waals surface area contributed by atoms with Gasteiger partial charge in [0.25, 0.3) is 0 Å². The molecule has 0 radical (unpaired) electrons. The maximum atomic E-state index is 11.4. The van der Waals surface area contributed by atoms with Gasteiger partial charge in [-0.05, 0) is 17.9 Å². The zero-order chi connectivity index (χ0) is 15.4. The molecule has 1 aromatic heterocycles. The quantitative estimate of drug-likeness (QED) is 0.880. The number of carboxylic acid groups (broad SMARTS) is 1. The molecule has 1 aromatic carbocycles. The van der Waals surface area contributed by atoms with Crippen molar-refractivity contribution in [3.05, 3.63) is 40.4 Å². The van der Waals surface area contributed by atoms with Crippen molar-refractivity contribution in [1.29, 1.82) is 0 Å². The zero-order valence-electron chi connectivity index (χ0n) is 12.4. The van der Waals surface area contributed by atoms with Crippen LogP contribution in [-0.4, -0.2) is 23.2 Å². The standard InChI is InChI=1S/C16H19NO3S/c1-10(2)8-13-14(16(18)19)21-15(17-13)12-7-5-4-6-11(12)9-20-3/h4-7,10H,8-9H2,1-3H3,(H,18,19). The summed E-state index contributed by atoms with van der Waals surface area (Å²) in [5.74, 6) is -0.536. The van der Waals surface area contributed by atoms with E-state index in [-0.39, 0.29) is 0 Å². The van der Waals surface area contributed by atoms with Crippen molar-refractivity contribution in [3.63, 3.8) is 0 Å². The largest absolute Gasteiger partial charge is 0.477 e. The Kier molecular flexibility index (Phi) is 5.09. The predicted octanol–water partition coefficient (Wildman–Crippen LogP) is 3.85. The number of carboxylic acids is 1. The number of benzene rings is 1. The summed E-state index contributed by atoms with van der Waals surface area (Å²) in [5, 5.41) is 10.1. The van der Waals surface area contributed by atoms with E-state index in [2.05, 4.69) is 18.8 Å². The summed E-state index contributed by atoms with van der Waals surface area (Å²) >= 11 is 1.24. The molecule has 0 atom stereocenters. The van der Waals surface area contributed by atoms with Gasteiger partial charge in [-0.1, -0.05) is 38.1 Å². The minimum atomic E-state index is -0.904. The molecule has 1 heterocycles. The lowest BCUT2D eigenvalue weighted by Gasteiger charge is -2.05. The van der Waals surface area contributed by atoms with Crippen LogP contribution in [-0.2, 0) is 17.8 Å². The van der Waals surface area contributed by atoms with Gasteiger partial charge < -0.3 is 9.84 Å². The van der Waals surface area contributed by atoms with Crippen LogP contribution < -0.4 is 0 Å². The smallest absolute Gasteiger partial charge is 0.347 e. The summed E-state index contributed by atoms with van der Waals surface area (Å²) in [6.45, 7) is 4.60. The molecule has 0 aliphatic heterocycles. The van der Waals surface area contributed by atoms with Gasteiger partial charge in [0.2, 0.25) is 0 Å². The first-order valence-corrected chi connectivity index (χ1v) is 7.64. The summed E-state index contributed by atoms with van der Waals surface area (Å²) < 4.78 is 5.20. The highest BCUT2D eigenvalue weighted by Gasteiger charge is 2.20. The molecule has 2 rings (SSSR count). The van der Waals surface area contributed by atoms with Crippen LogP contribution in [0.2, 0.25) is 0 Å². The third kappa shape index (κ3) is 3.68. The Bertz CT molecular complexity index is 634. The average Bonchev–Trinajstić information content (AvgIpc) is 2.83. The summed E-state index contributed by atoms with van der Waals surface area (Å²) in [5.41, 5.74) is 2.63. The van der Waals surface area contributed by atoms with E-state index in [1.807, 2.05) is 24.3 Å². The Morgan fingerprint density at radius 1 is 1.38 bits per heavy atom. The minimum Gasteiger partial charge on any atom is -0.477 e. The molecule has 0 fully saturated rings. The number of aromatic carboxylic acids is 1. The maximum Gasteiger partial charge on any atom is 0.347 e. The Labute approximate surface area is 128 Å². The lowest BCUT2D eigenvalue weighted by Crippen LogP contribution is -2.02. The molecular weight excluding hydrogens is 286 g/mol. The van der Waals surface area contributed by atoms with E-state index < -0.39 is 5.97 Å². The molecule has 0 saturated heterocycles. The van der Waals surface area contributed by atoms with Gasteiger partial charge in [-0.15, -0.1) is 11.3 Å². The normalized spacial score (nSPS) is 11.0. The molecule has 1 N–H and O–H groups in total. The Balaban J connectivity index is 2.47. The van der Waals surface area contributed by atoms with Crippen LogP contribution in [0.5, 0.6) is 0 Å². The number of methoxy groups -OCH3 is 1. The molecule has 0 aliphatic carbocycles. The summed E-state index contributed by atoms with van der Waals surface area (Å²) in [7, 11) is 1.64. The fourth-order valence-corrected chi connectivity index (χ4v) is 3.16. The third-order valence-electron chi connectivity index (χ3n) is 3.04. The Morgan fingerprint density at radius 3 is 2.71 bits per heavy atom. The van der Waals surface area contributed by atoms with Gasteiger partial charge in [0.1, 0.15) is 9.88 Å². The summed E-state index contributed by atoms with van der Waals surface area (Å²) in [4.78, 5) is 16.3. The van der Waals surface area contributed by atoms with Gasteiger partial charge in [-0.3, -0.25) is 0 Å². The maximum absolute atomic E-state index is 11.4. The van der Waals surface area contributed by atoms with E-state index in [4.69, 9.17) is 4.74 Å². The zero-order valence-corrected chi connectivity index (χ0v) is 13.2. The molecule has 5 heteroatoms. The number of rotatable bonds is 6. The second-order valence-electron chi connectivity index (χ2n) is 5.29. The minimum absolute atomic E-state index is 0.339.